The predicted molar refractivity (Wildman–Crippen MR) is 127 cm³/mol. The van der Waals surface area contributed by atoms with Crippen LogP contribution in [0.1, 0.15) is 39.2 Å². The van der Waals surface area contributed by atoms with Gasteiger partial charge in [-0.25, -0.2) is 4.39 Å². The Labute approximate surface area is 190 Å². The highest BCUT2D eigenvalue weighted by molar-refractivity contribution is 14.0. The van der Waals surface area contributed by atoms with Crippen LogP contribution in [0, 0.1) is 11.7 Å². The normalized spacial score (nSPS) is 14.9. The molecule has 1 aromatic rings. The molecule has 8 heteroatoms. The number of likely N-dealkylation sites (tertiary alicyclic amines) is 1. The molecule has 0 saturated carbocycles. The highest BCUT2D eigenvalue weighted by Gasteiger charge is 2.27. The summed E-state index contributed by atoms with van der Waals surface area (Å²) in [6, 6.07) is 5.37. The Morgan fingerprint density at radius 1 is 1.28 bits per heavy atom. The van der Waals surface area contributed by atoms with Gasteiger partial charge in [-0.2, -0.15) is 0 Å². The highest BCUT2D eigenvalue weighted by atomic mass is 127. The molecule has 2 rings (SSSR count). The van der Waals surface area contributed by atoms with E-state index in [4.69, 9.17) is 4.74 Å². The number of anilines is 1. The van der Waals surface area contributed by atoms with Crippen LogP contribution in [0.2, 0.25) is 0 Å². The average Bonchev–Trinajstić information content (AvgIpc) is 2.71. The number of esters is 1. The first-order valence-electron chi connectivity index (χ1n) is 10.2. The molecule has 0 spiro atoms. The number of carbonyl (C=O) groups excluding carboxylic acids is 1. The maximum atomic E-state index is 14.5. The second-order valence-electron chi connectivity index (χ2n) is 6.87. The van der Waals surface area contributed by atoms with Gasteiger partial charge in [0.05, 0.1) is 18.2 Å². The average molecular weight is 520 g/mol. The molecule has 1 saturated heterocycles. The molecule has 1 aliphatic rings. The van der Waals surface area contributed by atoms with Crippen molar-refractivity contribution >= 4 is 41.6 Å². The predicted octanol–water partition coefficient (Wildman–Crippen LogP) is 3.64. The number of carbonyl (C=O) groups is 1. The molecule has 164 valence electrons. The van der Waals surface area contributed by atoms with Crippen molar-refractivity contribution in [3.63, 3.8) is 0 Å². The third-order valence-corrected chi connectivity index (χ3v) is 5.19. The Kier molecular flexibility index (Phi) is 11.3. The van der Waals surface area contributed by atoms with Gasteiger partial charge >= 0.3 is 5.97 Å². The third-order valence-electron chi connectivity index (χ3n) is 5.19. The summed E-state index contributed by atoms with van der Waals surface area (Å²) in [5.74, 6) is 0.439. The maximum absolute atomic E-state index is 14.5. The molecule has 0 unspecified atom stereocenters. The zero-order chi connectivity index (χ0) is 20.5. The van der Waals surface area contributed by atoms with Crippen LogP contribution >= 0.6 is 24.0 Å². The van der Waals surface area contributed by atoms with Crippen LogP contribution < -0.4 is 10.2 Å². The number of guanidine groups is 1. The van der Waals surface area contributed by atoms with Crippen LogP contribution in [-0.4, -0.2) is 56.7 Å². The van der Waals surface area contributed by atoms with E-state index in [2.05, 4.69) is 15.2 Å². The van der Waals surface area contributed by atoms with E-state index in [1.54, 1.807) is 13.1 Å². The van der Waals surface area contributed by atoms with Gasteiger partial charge in [0, 0.05) is 39.8 Å². The van der Waals surface area contributed by atoms with Crippen molar-refractivity contribution in [3.8, 4) is 0 Å². The monoisotopic (exact) mass is 520 g/mol. The molecule has 1 N–H and O–H groups in total. The largest absolute Gasteiger partial charge is 0.466 e. The van der Waals surface area contributed by atoms with Crippen LogP contribution in [0.4, 0.5) is 10.1 Å². The summed E-state index contributed by atoms with van der Waals surface area (Å²) >= 11 is 0. The third kappa shape index (κ3) is 7.01. The molecule has 0 radical (unpaired) electrons. The fraction of sp³-hybridized carbons (Fsp3) is 0.619. The van der Waals surface area contributed by atoms with Gasteiger partial charge in [0.2, 0.25) is 0 Å². The minimum atomic E-state index is -0.201. The smallest absolute Gasteiger partial charge is 0.309 e. The number of benzene rings is 1. The van der Waals surface area contributed by atoms with Crippen molar-refractivity contribution in [1.82, 2.24) is 10.2 Å². The quantitative estimate of drug-likeness (QED) is 0.258. The molecule has 0 amide bonds. The Morgan fingerprint density at radius 3 is 2.45 bits per heavy atom. The van der Waals surface area contributed by atoms with Crippen molar-refractivity contribution in [2.24, 2.45) is 10.9 Å². The van der Waals surface area contributed by atoms with E-state index >= 15 is 0 Å². The second-order valence-corrected chi connectivity index (χ2v) is 6.87. The van der Waals surface area contributed by atoms with Crippen molar-refractivity contribution < 1.29 is 13.9 Å². The number of ether oxygens (including phenoxy) is 1. The molecule has 1 aliphatic heterocycles. The Hall–Kier alpha value is -1.58. The van der Waals surface area contributed by atoms with Crippen LogP contribution in [0.15, 0.2) is 23.2 Å². The van der Waals surface area contributed by atoms with Gasteiger partial charge in [-0.15, -0.1) is 24.0 Å². The fourth-order valence-electron chi connectivity index (χ4n) is 3.58. The van der Waals surface area contributed by atoms with E-state index in [1.807, 2.05) is 37.8 Å². The lowest BCUT2D eigenvalue weighted by atomic mass is 9.97. The van der Waals surface area contributed by atoms with Crippen molar-refractivity contribution in [2.45, 2.75) is 40.2 Å². The van der Waals surface area contributed by atoms with Crippen LogP contribution in [0.25, 0.3) is 0 Å². The van der Waals surface area contributed by atoms with E-state index in [9.17, 15) is 9.18 Å². The number of piperidine rings is 1. The molecule has 0 aliphatic carbocycles. The highest BCUT2D eigenvalue weighted by Crippen LogP contribution is 2.21. The van der Waals surface area contributed by atoms with Crippen molar-refractivity contribution in [3.05, 3.63) is 29.6 Å². The molecule has 0 bridgehead atoms. The van der Waals surface area contributed by atoms with E-state index in [1.165, 1.54) is 0 Å². The van der Waals surface area contributed by atoms with Gasteiger partial charge in [0.25, 0.3) is 0 Å². The SMILES string of the molecule is CCOC(=O)C1CCN(C(=NC)NCc2ccc(N(CC)CC)c(F)c2)CC1.I. The summed E-state index contributed by atoms with van der Waals surface area (Å²) in [4.78, 5) is 20.4. The molecule has 6 nitrogen and oxygen atoms in total. The molecule has 1 aromatic carbocycles. The number of hydrogen-bond donors (Lipinski definition) is 1. The first-order valence-corrected chi connectivity index (χ1v) is 10.2. The number of aliphatic imine (C=N–C) groups is 1. The Balaban J connectivity index is 0.00000420. The van der Waals surface area contributed by atoms with Crippen LogP contribution in [0.3, 0.4) is 0 Å². The van der Waals surface area contributed by atoms with Gasteiger partial charge in [-0.1, -0.05) is 6.07 Å². The molecular formula is C21H34FIN4O2. The Morgan fingerprint density at radius 2 is 1.93 bits per heavy atom. The van der Waals surface area contributed by atoms with E-state index in [0.717, 1.165) is 50.5 Å². The number of halogens is 2. The zero-order valence-corrected chi connectivity index (χ0v) is 20.2. The van der Waals surface area contributed by atoms with Crippen LogP contribution in [0.5, 0.6) is 0 Å². The lowest BCUT2D eigenvalue weighted by Crippen LogP contribution is -2.46. The molecule has 29 heavy (non-hydrogen) atoms. The standard InChI is InChI=1S/C21H33FN4O2.HI/c1-5-25(6-2)19-9-8-16(14-18(19)22)15-24-21(23-4)26-12-10-17(11-13-26)20(27)28-7-3;/h8-9,14,17H,5-7,10-13,15H2,1-4H3,(H,23,24);1H. The van der Waals surface area contributed by atoms with E-state index in [-0.39, 0.29) is 41.7 Å². The molecule has 0 atom stereocenters. The molecular weight excluding hydrogens is 486 g/mol. The molecule has 1 heterocycles. The summed E-state index contributed by atoms with van der Waals surface area (Å²) in [7, 11) is 1.74. The summed E-state index contributed by atoms with van der Waals surface area (Å²) in [5.41, 5.74) is 1.51. The first-order chi connectivity index (χ1) is 13.5. The summed E-state index contributed by atoms with van der Waals surface area (Å²) in [6.45, 7) is 9.85. The Bertz CT molecular complexity index is 675. The van der Waals surface area contributed by atoms with Gasteiger partial charge in [0.1, 0.15) is 5.82 Å². The van der Waals surface area contributed by atoms with Crippen molar-refractivity contribution in [2.75, 3.05) is 44.7 Å². The van der Waals surface area contributed by atoms with Gasteiger partial charge in [0.15, 0.2) is 5.96 Å². The van der Waals surface area contributed by atoms with E-state index < -0.39 is 0 Å². The fourth-order valence-corrected chi connectivity index (χ4v) is 3.58. The lowest BCUT2D eigenvalue weighted by Gasteiger charge is -2.33. The zero-order valence-electron chi connectivity index (χ0n) is 17.9. The van der Waals surface area contributed by atoms with Crippen LogP contribution in [-0.2, 0) is 16.1 Å². The van der Waals surface area contributed by atoms with Gasteiger partial charge < -0.3 is 19.9 Å². The number of nitrogens with zero attached hydrogens (tertiary/aromatic N) is 3. The maximum Gasteiger partial charge on any atom is 0.309 e. The van der Waals surface area contributed by atoms with Crippen molar-refractivity contribution in [1.29, 1.82) is 0 Å². The number of nitrogens with one attached hydrogen (secondary N) is 1. The minimum Gasteiger partial charge on any atom is -0.466 e. The topological polar surface area (TPSA) is 57.2 Å². The van der Waals surface area contributed by atoms with Gasteiger partial charge in [-0.3, -0.25) is 9.79 Å². The lowest BCUT2D eigenvalue weighted by molar-refractivity contribution is -0.149. The summed E-state index contributed by atoms with van der Waals surface area (Å²) in [5, 5.41) is 3.31. The first kappa shape index (κ1) is 25.5. The number of hydrogen-bond acceptors (Lipinski definition) is 4. The number of rotatable bonds is 7. The molecule has 0 aromatic heterocycles. The van der Waals surface area contributed by atoms with E-state index in [0.29, 0.717) is 18.8 Å². The second kappa shape index (κ2) is 12.9. The van der Waals surface area contributed by atoms with Gasteiger partial charge in [-0.05, 0) is 51.3 Å². The molecule has 1 fully saturated rings. The minimum absolute atomic E-state index is 0. The summed E-state index contributed by atoms with van der Waals surface area (Å²) in [6.07, 6.45) is 1.51. The summed E-state index contributed by atoms with van der Waals surface area (Å²) < 4.78 is 19.6.